The number of hydrogen-bond donors (Lipinski definition) is 1. The van der Waals surface area contributed by atoms with E-state index in [4.69, 9.17) is 4.74 Å². The second kappa shape index (κ2) is 8.87. The van der Waals surface area contributed by atoms with Crippen LogP contribution in [0.1, 0.15) is 11.1 Å². The number of sulfone groups is 1. The van der Waals surface area contributed by atoms with Crippen molar-refractivity contribution in [3.05, 3.63) is 89.7 Å². The monoisotopic (exact) mass is 413 g/mol. The number of halogens is 1. The van der Waals surface area contributed by atoms with Crippen molar-refractivity contribution < 1.29 is 22.3 Å². The van der Waals surface area contributed by atoms with Crippen molar-refractivity contribution in [3.8, 4) is 5.75 Å². The van der Waals surface area contributed by atoms with Crippen LogP contribution in [0.3, 0.4) is 0 Å². The molecule has 0 heterocycles. The highest BCUT2D eigenvalue weighted by Crippen LogP contribution is 2.22. The van der Waals surface area contributed by atoms with Crippen molar-refractivity contribution in [2.24, 2.45) is 0 Å². The molecule has 3 aromatic carbocycles. The lowest BCUT2D eigenvalue weighted by Crippen LogP contribution is -2.21. The molecule has 0 unspecified atom stereocenters. The lowest BCUT2D eigenvalue weighted by molar-refractivity contribution is -0.118. The Balaban J connectivity index is 1.68. The third-order valence-corrected chi connectivity index (χ3v) is 5.32. The Bertz CT molecular complexity index is 1110. The predicted molar refractivity (Wildman–Crippen MR) is 109 cm³/mol. The zero-order valence-electron chi connectivity index (χ0n) is 15.8. The Morgan fingerprint density at radius 3 is 2.41 bits per heavy atom. The molecule has 0 fully saturated rings. The first-order valence-corrected chi connectivity index (χ1v) is 10.8. The largest absolute Gasteiger partial charge is 0.483 e. The van der Waals surface area contributed by atoms with Gasteiger partial charge in [-0.25, -0.2) is 12.8 Å². The van der Waals surface area contributed by atoms with Gasteiger partial charge in [0, 0.05) is 12.7 Å². The van der Waals surface area contributed by atoms with E-state index in [9.17, 15) is 17.6 Å². The third kappa shape index (κ3) is 5.65. The van der Waals surface area contributed by atoms with Gasteiger partial charge >= 0.3 is 0 Å². The number of carbonyl (C=O) groups is 1. The second-order valence-corrected chi connectivity index (χ2v) is 8.54. The van der Waals surface area contributed by atoms with Gasteiger partial charge in [-0.2, -0.15) is 0 Å². The summed E-state index contributed by atoms with van der Waals surface area (Å²) < 4.78 is 42.8. The van der Waals surface area contributed by atoms with Crippen LogP contribution < -0.4 is 10.1 Å². The smallest absolute Gasteiger partial charge is 0.262 e. The van der Waals surface area contributed by atoms with Crippen LogP contribution in [0, 0.1) is 5.82 Å². The second-order valence-electron chi connectivity index (χ2n) is 6.52. The minimum absolute atomic E-state index is 0.0803. The molecule has 0 saturated heterocycles. The number of ether oxygens (including phenoxy) is 1. The van der Waals surface area contributed by atoms with Crippen LogP contribution in [0.15, 0.2) is 77.7 Å². The molecule has 150 valence electrons. The number of amides is 1. The minimum atomic E-state index is -3.52. The molecule has 1 amide bonds. The van der Waals surface area contributed by atoms with Gasteiger partial charge in [0.1, 0.15) is 11.6 Å². The fourth-order valence-corrected chi connectivity index (χ4v) is 3.41. The van der Waals surface area contributed by atoms with Gasteiger partial charge < -0.3 is 10.1 Å². The molecule has 0 radical (unpaired) electrons. The van der Waals surface area contributed by atoms with Gasteiger partial charge in [-0.1, -0.05) is 48.5 Å². The zero-order valence-corrected chi connectivity index (χ0v) is 16.6. The third-order valence-electron chi connectivity index (χ3n) is 4.21. The first kappa shape index (κ1) is 20.5. The molecule has 29 heavy (non-hydrogen) atoms. The Kier molecular flexibility index (Phi) is 6.29. The summed E-state index contributed by atoms with van der Waals surface area (Å²) in [5.74, 6) is -0.767. The van der Waals surface area contributed by atoms with Gasteiger partial charge in [-0.15, -0.1) is 0 Å². The number of para-hydroxylation sites is 1. The van der Waals surface area contributed by atoms with Crippen LogP contribution >= 0.6 is 0 Å². The van der Waals surface area contributed by atoms with E-state index in [1.165, 1.54) is 0 Å². The van der Waals surface area contributed by atoms with Gasteiger partial charge in [-0.05, 0) is 35.4 Å². The lowest BCUT2D eigenvalue weighted by atomic mass is 10.0. The Morgan fingerprint density at radius 2 is 1.69 bits per heavy atom. The number of rotatable bonds is 7. The molecule has 0 saturated carbocycles. The number of benzene rings is 3. The van der Waals surface area contributed by atoms with Gasteiger partial charge in [0.05, 0.1) is 10.6 Å². The minimum Gasteiger partial charge on any atom is -0.483 e. The molecule has 0 aromatic heterocycles. The van der Waals surface area contributed by atoms with Crippen LogP contribution in [0.2, 0.25) is 0 Å². The maximum Gasteiger partial charge on any atom is 0.262 e. The molecule has 0 aliphatic heterocycles. The molecule has 7 heteroatoms. The molecule has 0 bridgehead atoms. The zero-order chi connectivity index (χ0) is 20.9. The summed E-state index contributed by atoms with van der Waals surface area (Å²) in [5, 5.41) is 2.36. The van der Waals surface area contributed by atoms with E-state index in [-0.39, 0.29) is 17.2 Å². The van der Waals surface area contributed by atoms with E-state index >= 15 is 0 Å². The fraction of sp³-hybridized carbons (Fsp3) is 0.136. The Labute approximate surface area is 169 Å². The van der Waals surface area contributed by atoms with Gasteiger partial charge in [0.15, 0.2) is 16.4 Å². The van der Waals surface area contributed by atoms with Crippen LogP contribution in [-0.2, 0) is 21.1 Å². The standard InChI is InChI=1S/C22H20FNO4S/c1-29(26,27)18-11-12-19(23)20(14-18)24-22(25)15-28-21-10-6-5-9-17(21)13-16-7-3-2-4-8-16/h2-12,14H,13,15H2,1H3,(H,24,25). The summed E-state index contributed by atoms with van der Waals surface area (Å²) in [6.07, 6.45) is 1.66. The summed E-state index contributed by atoms with van der Waals surface area (Å²) in [5.41, 5.74) is 1.81. The number of anilines is 1. The number of carbonyl (C=O) groups excluding carboxylic acids is 1. The summed E-state index contributed by atoms with van der Waals surface area (Å²) in [4.78, 5) is 12.1. The molecule has 0 aliphatic carbocycles. The normalized spacial score (nSPS) is 11.1. The molecule has 0 spiro atoms. The van der Waals surface area contributed by atoms with Crippen molar-refractivity contribution >= 4 is 21.4 Å². The quantitative estimate of drug-likeness (QED) is 0.598. The molecule has 0 aliphatic rings. The highest BCUT2D eigenvalue weighted by molar-refractivity contribution is 7.90. The SMILES string of the molecule is CS(=O)(=O)c1ccc(F)c(NC(=O)COc2ccccc2Cc2ccccc2)c1. The topological polar surface area (TPSA) is 72.5 Å². The molecule has 0 atom stereocenters. The van der Waals surface area contributed by atoms with E-state index in [1.807, 2.05) is 42.5 Å². The molecular weight excluding hydrogens is 393 g/mol. The van der Waals surface area contributed by atoms with Crippen molar-refractivity contribution in [2.45, 2.75) is 11.3 Å². The maximum atomic E-state index is 13.9. The Hall–Kier alpha value is -3.19. The number of hydrogen-bond acceptors (Lipinski definition) is 4. The lowest BCUT2D eigenvalue weighted by Gasteiger charge is -2.12. The molecule has 5 nitrogen and oxygen atoms in total. The highest BCUT2D eigenvalue weighted by atomic mass is 32.2. The predicted octanol–water partition coefficient (Wildman–Crippen LogP) is 3.84. The van der Waals surface area contributed by atoms with Crippen LogP contribution in [0.25, 0.3) is 0 Å². The van der Waals surface area contributed by atoms with E-state index in [1.54, 1.807) is 12.1 Å². The molecule has 3 rings (SSSR count). The average molecular weight is 413 g/mol. The van der Waals surface area contributed by atoms with E-state index in [0.717, 1.165) is 35.6 Å². The average Bonchev–Trinajstić information content (AvgIpc) is 2.69. The Morgan fingerprint density at radius 1 is 1.00 bits per heavy atom. The number of nitrogens with one attached hydrogen (secondary N) is 1. The van der Waals surface area contributed by atoms with Crippen molar-refractivity contribution in [1.29, 1.82) is 0 Å². The summed E-state index contributed by atoms with van der Waals surface area (Å²) in [6.45, 7) is -0.339. The fourth-order valence-electron chi connectivity index (χ4n) is 2.77. The van der Waals surface area contributed by atoms with E-state index in [2.05, 4.69) is 5.32 Å². The van der Waals surface area contributed by atoms with Crippen LogP contribution in [0.4, 0.5) is 10.1 Å². The van der Waals surface area contributed by atoms with Crippen molar-refractivity contribution in [1.82, 2.24) is 0 Å². The van der Waals surface area contributed by atoms with Gasteiger partial charge in [-0.3, -0.25) is 4.79 Å². The van der Waals surface area contributed by atoms with Crippen LogP contribution in [-0.4, -0.2) is 27.2 Å². The van der Waals surface area contributed by atoms with Gasteiger partial charge in [0.25, 0.3) is 5.91 Å². The molecule has 3 aromatic rings. The first-order chi connectivity index (χ1) is 13.8. The molecular formula is C22H20FNO4S. The summed E-state index contributed by atoms with van der Waals surface area (Å²) in [7, 11) is -3.52. The van der Waals surface area contributed by atoms with E-state index in [0.29, 0.717) is 12.2 Å². The van der Waals surface area contributed by atoms with E-state index < -0.39 is 21.6 Å². The van der Waals surface area contributed by atoms with Gasteiger partial charge in [0.2, 0.25) is 0 Å². The first-order valence-electron chi connectivity index (χ1n) is 8.87. The highest BCUT2D eigenvalue weighted by Gasteiger charge is 2.14. The van der Waals surface area contributed by atoms with Crippen molar-refractivity contribution in [2.75, 3.05) is 18.2 Å². The maximum absolute atomic E-state index is 13.9. The van der Waals surface area contributed by atoms with Crippen LogP contribution in [0.5, 0.6) is 5.75 Å². The summed E-state index contributed by atoms with van der Waals surface area (Å²) in [6, 6.07) is 20.4. The van der Waals surface area contributed by atoms with Crippen molar-refractivity contribution in [3.63, 3.8) is 0 Å². The summed E-state index contributed by atoms with van der Waals surface area (Å²) >= 11 is 0. The molecule has 1 N–H and O–H groups in total.